The highest BCUT2D eigenvalue weighted by Crippen LogP contribution is 2.69. The van der Waals surface area contributed by atoms with E-state index in [-0.39, 0.29) is 23.5 Å². The van der Waals surface area contributed by atoms with E-state index in [0.29, 0.717) is 29.6 Å². The smallest absolute Gasteiger partial charge is 0.0675 e. The molecule has 4 rings (SSSR count). The van der Waals surface area contributed by atoms with Gasteiger partial charge in [-0.05, 0) is 93.3 Å². The first-order valence-electron chi connectivity index (χ1n) is 10.3. The van der Waals surface area contributed by atoms with Gasteiger partial charge in [0.05, 0.1) is 11.7 Å². The number of aliphatic hydroxyl groups excluding tert-OH is 2. The van der Waals surface area contributed by atoms with Gasteiger partial charge in [-0.25, -0.2) is 0 Å². The van der Waals surface area contributed by atoms with Crippen molar-refractivity contribution in [2.75, 3.05) is 6.61 Å². The predicted octanol–water partition coefficient (Wildman–Crippen LogP) is 3.36. The number of fused-ring (bicyclic) bond motifs is 5. The third-order valence-electron chi connectivity index (χ3n) is 9.67. The molecule has 0 unspecified atom stereocenters. The molecule has 0 bridgehead atoms. The maximum Gasteiger partial charge on any atom is 0.0675 e. The summed E-state index contributed by atoms with van der Waals surface area (Å²) in [5, 5.41) is 31.8. The molecule has 4 aliphatic rings. The molecule has 4 aliphatic carbocycles. The molecule has 138 valence electrons. The lowest BCUT2D eigenvalue weighted by Crippen LogP contribution is -2.60. The van der Waals surface area contributed by atoms with Gasteiger partial charge < -0.3 is 15.3 Å². The Morgan fingerprint density at radius 3 is 2.38 bits per heavy atom. The van der Waals surface area contributed by atoms with E-state index < -0.39 is 5.60 Å². The molecule has 0 aromatic carbocycles. The van der Waals surface area contributed by atoms with Crippen molar-refractivity contribution >= 4 is 0 Å². The third-order valence-corrected chi connectivity index (χ3v) is 9.67. The summed E-state index contributed by atoms with van der Waals surface area (Å²) in [6.07, 6.45) is 8.25. The Labute approximate surface area is 146 Å². The van der Waals surface area contributed by atoms with Crippen LogP contribution in [0.1, 0.15) is 72.1 Å². The minimum atomic E-state index is -0.528. The fourth-order valence-corrected chi connectivity index (χ4v) is 8.13. The molecule has 0 spiro atoms. The number of rotatable bonds is 1. The van der Waals surface area contributed by atoms with E-state index in [2.05, 4.69) is 20.8 Å². The van der Waals surface area contributed by atoms with Gasteiger partial charge in [0.2, 0.25) is 0 Å². The van der Waals surface area contributed by atoms with Crippen molar-refractivity contribution in [2.45, 2.75) is 83.8 Å². The monoisotopic (exact) mass is 336 g/mol. The van der Waals surface area contributed by atoms with Crippen molar-refractivity contribution < 1.29 is 15.3 Å². The highest BCUT2D eigenvalue weighted by Gasteiger charge is 2.65. The van der Waals surface area contributed by atoms with Crippen molar-refractivity contribution in [3.8, 4) is 0 Å². The summed E-state index contributed by atoms with van der Waals surface area (Å²) in [6.45, 7) is 6.94. The quantitative estimate of drug-likeness (QED) is 0.688. The average molecular weight is 337 g/mol. The molecule has 0 aromatic rings. The van der Waals surface area contributed by atoms with E-state index in [1.54, 1.807) is 0 Å². The van der Waals surface area contributed by atoms with Crippen LogP contribution in [0.3, 0.4) is 0 Å². The summed E-state index contributed by atoms with van der Waals surface area (Å²) in [5.74, 6) is 2.72. The van der Waals surface area contributed by atoms with E-state index in [1.165, 1.54) is 6.42 Å². The SMILES string of the molecule is C[C@@H]1C[C@H](O)C[C@@H]2CC[C@@H]3[C@H](CC[C@@]4(C)[C@H]3CC[C@]4(C)O)[C@]21CO. The molecular formula is C21H36O3. The van der Waals surface area contributed by atoms with E-state index in [4.69, 9.17) is 0 Å². The van der Waals surface area contributed by atoms with Crippen molar-refractivity contribution in [3.63, 3.8) is 0 Å². The van der Waals surface area contributed by atoms with Crippen molar-refractivity contribution in [1.29, 1.82) is 0 Å². The van der Waals surface area contributed by atoms with Gasteiger partial charge in [0.1, 0.15) is 0 Å². The molecule has 0 saturated heterocycles. The molecule has 3 heteroatoms. The van der Waals surface area contributed by atoms with Crippen LogP contribution in [0.15, 0.2) is 0 Å². The molecule has 9 atom stereocenters. The van der Waals surface area contributed by atoms with Gasteiger partial charge >= 0.3 is 0 Å². The van der Waals surface area contributed by atoms with Crippen molar-refractivity contribution in [2.24, 2.45) is 40.4 Å². The minimum absolute atomic E-state index is 0.0118. The second-order valence-electron chi connectivity index (χ2n) is 10.2. The lowest BCUT2D eigenvalue weighted by molar-refractivity contribution is -0.191. The topological polar surface area (TPSA) is 60.7 Å². The second-order valence-corrected chi connectivity index (χ2v) is 10.2. The van der Waals surface area contributed by atoms with Gasteiger partial charge in [0, 0.05) is 12.0 Å². The summed E-state index contributed by atoms with van der Waals surface area (Å²) in [4.78, 5) is 0. The molecule has 0 aliphatic heterocycles. The van der Waals surface area contributed by atoms with Gasteiger partial charge in [0.15, 0.2) is 0 Å². The number of hydrogen-bond donors (Lipinski definition) is 3. The Bertz CT molecular complexity index is 503. The summed E-state index contributed by atoms with van der Waals surface area (Å²) >= 11 is 0. The molecule has 0 aromatic heterocycles. The zero-order valence-electron chi connectivity index (χ0n) is 15.7. The van der Waals surface area contributed by atoms with Crippen LogP contribution in [0.5, 0.6) is 0 Å². The molecule has 3 nitrogen and oxygen atoms in total. The largest absolute Gasteiger partial charge is 0.396 e. The fraction of sp³-hybridized carbons (Fsp3) is 1.00. The Kier molecular flexibility index (Phi) is 3.92. The van der Waals surface area contributed by atoms with Gasteiger partial charge in [-0.2, -0.15) is 0 Å². The Morgan fingerprint density at radius 2 is 1.67 bits per heavy atom. The maximum absolute atomic E-state index is 11.0. The summed E-state index contributed by atoms with van der Waals surface area (Å²) in [7, 11) is 0. The van der Waals surface area contributed by atoms with Crippen LogP contribution >= 0.6 is 0 Å². The highest BCUT2D eigenvalue weighted by atomic mass is 16.3. The van der Waals surface area contributed by atoms with Gasteiger partial charge in [-0.15, -0.1) is 0 Å². The van der Waals surface area contributed by atoms with Crippen LogP contribution in [0, 0.1) is 40.4 Å². The second kappa shape index (κ2) is 5.44. The van der Waals surface area contributed by atoms with Crippen molar-refractivity contribution in [1.82, 2.24) is 0 Å². The van der Waals surface area contributed by atoms with Crippen LogP contribution in [0.25, 0.3) is 0 Å². The van der Waals surface area contributed by atoms with E-state index >= 15 is 0 Å². The Balaban J connectivity index is 1.70. The first-order valence-corrected chi connectivity index (χ1v) is 10.3. The standard InChI is InChI=1S/C21H36O3/c1-13-10-15(23)11-14-4-5-16-17-7-9-20(3,24)19(17,2)8-6-18(16)21(13,14)12-22/h13-18,22-24H,4-12H2,1-3H3/t13-,14+,15+,16+,17+,18+,19+,20+,21+/m1/s1. The molecule has 0 amide bonds. The van der Waals surface area contributed by atoms with Crippen molar-refractivity contribution in [3.05, 3.63) is 0 Å². The lowest BCUT2D eigenvalue weighted by Gasteiger charge is -2.63. The lowest BCUT2D eigenvalue weighted by atomic mass is 9.42. The zero-order valence-corrected chi connectivity index (χ0v) is 15.7. The summed E-state index contributed by atoms with van der Waals surface area (Å²) < 4.78 is 0. The van der Waals surface area contributed by atoms with Crippen LogP contribution in [0.2, 0.25) is 0 Å². The molecule has 4 fully saturated rings. The number of aliphatic hydroxyl groups is 3. The summed E-state index contributed by atoms with van der Waals surface area (Å²) in [6, 6.07) is 0. The van der Waals surface area contributed by atoms with Crippen LogP contribution in [0.4, 0.5) is 0 Å². The van der Waals surface area contributed by atoms with Crippen LogP contribution in [-0.4, -0.2) is 33.6 Å². The molecular weight excluding hydrogens is 300 g/mol. The van der Waals surface area contributed by atoms with Gasteiger partial charge in [-0.3, -0.25) is 0 Å². The first kappa shape index (κ1) is 17.3. The van der Waals surface area contributed by atoms with E-state index in [9.17, 15) is 15.3 Å². The molecule has 3 N–H and O–H groups in total. The van der Waals surface area contributed by atoms with E-state index in [0.717, 1.165) is 44.9 Å². The molecule has 24 heavy (non-hydrogen) atoms. The van der Waals surface area contributed by atoms with Crippen LogP contribution in [-0.2, 0) is 0 Å². The maximum atomic E-state index is 11.0. The third kappa shape index (κ3) is 2.01. The average Bonchev–Trinajstić information content (AvgIpc) is 2.77. The number of hydrogen-bond acceptors (Lipinski definition) is 3. The first-order chi connectivity index (χ1) is 11.3. The van der Waals surface area contributed by atoms with Crippen LogP contribution < -0.4 is 0 Å². The highest BCUT2D eigenvalue weighted by molar-refractivity contribution is 5.14. The van der Waals surface area contributed by atoms with Gasteiger partial charge in [-0.1, -0.05) is 13.8 Å². The van der Waals surface area contributed by atoms with Gasteiger partial charge in [0.25, 0.3) is 0 Å². The molecule has 4 saturated carbocycles. The molecule has 0 heterocycles. The minimum Gasteiger partial charge on any atom is -0.396 e. The fourth-order valence-electron chi connectivity index (χ4n) is 8.13. The Morgan fingerprint density at radius 1 is 0.958 bits per heavy atom. The zero-order chi connectivity index (χ0) is 17.3. The van der Waals surface area contributed by atoms with E-state index in [1.807, 2.05) is 0 Å². The normalized spacial score (nSPS) is 60.2. The Hall–Kier alpha value is -0.120. The predicted molar refractivity (Wildman–Crippen MR) is 94.3 cm³/mol. The molecule has 0 radical (unpaired) electrons. The summed E-state index contributed by atoms with van der Waals surface area (Å²) in [5.41, 5.74) is -0.465.